The van der Waals surface area contributed by atoms with Crippen LogP contribution in [0.25, 0.3) is 0 Å². The van der Waals surface area contributed by atoms with Crippen LogP contribution in [0.5, 0.6) is 0 Å². The smallest absolute Gasteiger partial charge is 0.367 e. The molecule has 43 valence electrons. The summed E-state index contributed by atoms with van der Waals surface area (Å²) in [5.74, 6) is 0. The standard InChI is InChI=1S/C4H11O2Si/c1-4-6-7(2,3)5/h4H2,1-3H3. The van der Waals surface area contributed by atoms with Crippen molar-refractivity contribution >= 4 is 8.56 Å². The molecule has 0 unspecified atom stereocenters. The molecule has 2 nitrogen and oxygen atoms in total. The maximum absolute atomic E-state index is 10.6. The molecular formula is C4H11O2Si. The van der Waals surface area contributed by atoms with E-state index in [4.69, 9.17) is 4.43 Å². The molecule has 0 aliphatic heterocycles. The molecule has 0 saturated carbocycles. The monoisotopic (exact) mass is 119 g/mol. The van der Waals surface area contributed by atoms with Crippen LogP contribution in [0.3, 0.4) is 0 Å². The maximum atomic E-state index is 10.6. The van der Waals surface area contributed by atoms with Crippen LogP contribution >= 0.6 is 0 Å². The van der Waals surface area contributed by atoms with E-state index < -0.39 is 8.56 Å². The Morgan fingerprint density at radius 2 is 2.00 bits per heavy atom. The summed E-state index contributed by atoms with van der Waals surface area (Å²) in [4.78, 5) is 10.6. The molecule has 0 bridgehead atoms. The van der Waals surface area contributed by atoms with E-state index >= 15 is 0 Å². The van der Waals surface area contributed by atoms with E-state index in [2.05, 4.69) is 0 Å². The summed E-state index contributed by atoms with van der Waals surface area (Å²) in [6.07, 6.45) is 0. The molecule has 0 aromatic carbocycles. The number of rotatable bonds is 2. The quantitative estimate of drug-likeness (QED) is 0.501. The van der Waals surface area contributed by atoms with Crippen molar-refractivity contribution in [2.75, 3.05) is 6.61 Å². The first kappa shape index (κ1) is 7.14. The molecule has 0 aromatic heterocycles. The van der Waals surface area contributed by atoms with Gasteiger partial charge in [0, 0.05) is 6.61 Å². The Bertz CT molecular complexity index is 48.1. The molecule has 0 rings (SSSR count). The van der Waals surface area contributed by atoms with Gasteiger partial charge in [-0.15, -0.1) is 0 Å². The summed E-state index contributed by atoms with van der Waals surface area (Å²) in [5.41, 5.74) is 0. The van der Waals surface area contributed by atoms with Crippen molar-refractivity contribution in [2.24, 2.45) is 0 Å². The van der Waals surface area contributed by atoms with Crippen LogP contribution in [-0.4, -0.2) is 15.2 Å². The van der Waals surface area contributed by atoms with E-state index in [0.29, 0.717) is 6.61 Å². The lowest BCUT2D eigenvalue weighted by atomic mass is 10.9. The third-order valence-corrected chi connectivity index (χ3v) is 1.48. The second kappa shape index (κ2) is 2.45. The van der Waals surface area contributed by atoms with E-state index in [0.717, 1.165) is 0 Å². The zero-order valence-electron chi connectivity index (χ0n) is 5.02. The zero-order chi connectivity index (χ0) is 5.91. The van der Waals surface area contributed by atoms with E-state index in [9.17, 15) is 4.80 Å². The summed E-state index contributed by atoms with van der Waals surface area (Å²) < 4.78 is 4.81. The van der Waals surface area contributed by atoms with Gasteiger partial charge in [-0.3, -0.25) is 4.80 Å². The summed E-state index contributed by atoms with van der Waals surface area (Å²) in [6, 6.07) is 0. The van der Waals surface area contributed by atoms with Crippen molar-refractivity contribution in [3.8, 4) is 0 Å². The van der Waals surface area contributed by atoms with Crippen LogP contribution in [0.2, 0.25) is 13.1 Å². The normalized spacial score (nSPS) is 12.0. The molecule has 1 radical (unpaired) electrons. The van der Waals surface area contributed by atoms with E-state index in [1.807, 2.05) is 6.92 Å². The highest BCUT2D eigenvalue weighted by molar-refractivity contribution is 6.62. The fraction of sp³-hybridized carbons (Fsp3) is 1.00. The van der Waals surface area contributed by atoms with Gasteiger partial charge in [0.25, 0.3) is 0 Å². The van der Waals surface area contributed by atoms with Crippen molar-refractivity contribution in [3.05, 3.63) is 0 Å². The lowest BCUT2D eigenvalue weighted by Gasteiger charge is -2.08. The van der Waals surface area contributed by atoms with Gasteiger partial charge in [-0.05, 0) is 20.0 Å². The van der Waals surface area contributed by atoms with Crippen molar-refractivity contribution in [2.45, 2.75) is 20.0 Å². The van der Waals surface area contributed by atoms with Gasteiger partial charge < -0.3 is 4.43 Å². The minimum atomic E-state index is -2.41. The van der Waals surface area contributed by atoms with Crippen molar-refractivity contribution in [1.29, 1.82) is 0 Å². The predicted molar refractivity (Wildman–Crippen MR) is 29.8 cm³/mol. The first-order valence-electron chi connectivity index (χ1n) is 2.40. The molecule has 3 heteroatoms. The average molecular weight is 119 g/mol. The molecule has 0 N–H and O–H groups in total. The average Bonchev–Trinajstić information content (AvgIpc) is 1.30. The van der Waals surface area contributed by atoms with Gasteiger partial charge in [-0.1, -0.05) is 0 Å². The van der Waals surface area contributed by atoms with Crippen molar-refractivity contribution in [1.82, 2.24) is 0 Å². The van der Waals surface area contributed by atoms with Gasteiger partial charge in [0.15, 0.2) is 0 Å². The van der Waals surface area contributed by atoms with Crippen LogP contribution < -0.4 is 0 Å². The number of hydrogen-bond acceptors (Lipinski definition) is 1. The Morgan fingerprint density at radius 3 is 2.00 bits per heavy atom. The highest BCUT2D eigenvalue weighted by Gasteiger charge is 2.19. The molecular weight excluding hydrogens is 108 g/mol. The molecule has 0 spiro atoms. The Morgan fingerprint density at radius 1 is 1.57 bits per heavy atom. The Hall–Kier alpha value is 0.137. The van der Waals surface area contributed by atoms with Gasteiger partial charge in [0.05, 0.1) is 0 Å². The molecule has 0 aromatic rings. The fourth-order valence-corrected chi connectivity index (χ4v) is 1.04. The lowest BCUT2D eigenvalue weighted by molar-refractivity contribution is 0.221. The summed E-state index contributed by atoms with van der Waals surface area (Å²) in [5, 5.41) is 0. The molecule has 0 saturated heterocycles. The summed E-state index contributed by atoms with van der Waals surface area (Å²) >= 11 is 0. The van der Waals surface area contributed by atoms with E-state index in [1.165, 1.54) is 0 Å². The SMILES string of the molecule is CCO[Si](C)(C)[O]. The molecule has 0 aliphatic rings. The second-order valence-corrected chi connectivity index (χ2v) is 4.92. The maximum Gasteiger partial charge on any atom is 0.367 e. The molecule has 7 heavy (non-hydrogen) atoms. The van der Waals surface area contributed by atoms with Crippen LogP contribution in [0.4, 0.5) is 0 Å². The zero-order valence-corrected chi connectivity index (χ0v) is 6.02. The Kier molecular flexibility index (Phi) is 2.49. The highest BCUT2D eigenvalue weighted by Crippen LogP contribution is 1.96. The van der Waals surface area contributed by atoms with Gasteiger partial charge in [-0.25, -0.2) is 0 Å². The number of hydrogen-bond donors (Lipinski definition) is 0. The first-order valence-corrected chi connectivity index (χ1v) is 5.22. The van der Waals surface area contributed by atoms with Crippen LogP contribution in [0, 0.1) is 0 Å². The third-order valence-electron chi connectivity index (χ3n) is 0.492. The van der Waals surface area contributed by atoms with Crippen LogP contribution in [0.1, 0.15) is 6.92 Å². The van der Waals surface area contributed by atoms with E-state index in [1.54, 1.807) is 13.1 Å². The van der Waals surface area contributed by atoms with Crippen molar-refractivity contribution < 1.29 is 9.22 Å². The van der Waals surface area contributed by atoms with Gasteiger partial charge in [0.1, 0.15) is 0 Å². The summed E-state index contributed by atoms with van der Waals surface area (Å²) in [7, 11) is -2.41. The molecule has 0 atom stereocenters. The van der Waals surface area contributed by atoms with E-state index in [-0.39, 0.29) is 0 Å². The first-order chi connectivity index (χ1) is 3.06. The topological polar surface area (TPSA) is 29.1 Å². The third kappa shape index (κ3) is 6.14. The minimum Gasteiger partial charge on any atom is -0.393 e. The van der Waals surface area contributed by atoms with Crippen LogP contribution in [0.15, 0.2) is 0 Å². The van der Waals surface area contributed by atoms with Gasteiger partial charge in [-0.2, -0.15) is 0 Å². The predicted octanol–water partition coefficient (Wildman–Crippen LogP) is 1.16. The summed E-state index contributed by atoms with van der Waals surface area (Å²) in [6.45, 7) is 5.67. The molecule has 0 amide bonds. The minimum absolute atomic E-state index is 0.558. The Balaban J connectivity index is 3.15. The lowest BCUT2D eigenvalue weighted by Crippen LogP contribution is -2.27. The Labute approximate surface area is 45.4 Å². The molecule has 0 aliphatic carbocycles. The molecule has 0 fully saturated rings. The highest BCUT2D eigenvalue weighted by atomic mass is 28.4. The second-order valence-electron chi connectivity index (χ2n) is 1.83. The molecule has 0 heterocycles. The van der Waals surface area contributed by atoms with Crippen molar-refractivity contribution in [3.63, 3.8) is 0 Å². The van der Waals surface area contributed by atoms with Crippen LogP contribution in [-0.2, 0) is 9.22 Å². The fourth-order valence-electron chi connectivity index (χ4n) is 0.348. The largest absolute Gasteiger partial charge is 0.393 e. The van der Waals surface area contributed by atoms with Gasteiger partial charge >= 0.3 is 8.56 Å². The van der Waals surface area contributed by atoms with Gasteiger partial charge in [0.2, 0.25) is 0 Å².